The highest BCUT2D eigenvalue weighted by atomic mass is 16.2. The molecule has 3 aromatic rings. The van der Waals surface area contributed by atoms with Gasteiger partial charge in [0.25, 0.3) is 5.91 Å². The lowest BCUT2D eigenvalue weighted by Gasteiger charge is -2.12. The average Bonchev–Trinajstić information content (AvgIpc) is 2.73. The predicted molar refractivity (Wildman–Crippen MR) is 112 cm³/mol. The third-order valence-electron chi connectivity index (χ3n) is 4.58. The highest BCUT2D eigenvalue weighted by Crippen LogP contribution is 2.16. The molecule has 28 heavy (non-hydrogen) atoms. The highest BCUT2D eigenvalue weighted by Gasteiger charge is 2.13. The fourth-order valence-corrected chi connectivity index (χ4v) is 3.11. The number of amides is 2. The van der Waals surface area contributed by atoms with Crippen LogP contribution in [0.5, 0.6) is 0 Å². The Hall–Kier alpha value is -3.40. The van der Waals surface area contributed by atoms with Crippen molar-refractivity contribution in [2.45, 2.75) is 19.8 Å². The molecule has 142 valence electrons. The standard InChI is InChI=1S/C24H24N2O2/c1-2-19-12-7-9-15-22(19)26-23(27)17-25-24(28)21-14-8-6-13-20(21)16-18-10-4-3-5-11-18/h3-15H,2,16-17H2,1H3,(H,25,28)(H,26,27). The second-order valence-electron chi connectivity index (χ2n) is 6.56. The van der Waals surface area contributed by atoms with Crippen molar-refractivity contribution in [3.8, 4) is 0 Å². The average molecular weight is 372 g/mol. The van der Waals surface area contributed by atoms with Gasteiger partial charge >= 0.3 is 0 Å². The molecule has 0 heterocycles. The van der Waals surface area contributed by atoms with Crippen molar-refractivity contribution in [3.05, 3.63) is 101 Å². The zero-order valence-electron chi connectivity index (χ0n) is 15.9. The first-order valence-corrected chi connectivity index (χ1v) is 9.45. The molecule has 3 aromatic carbocycles. The van der Waals surface area contributed by atoms with Gasteiger partial charge in [-0.15, -0.1) is 0 Å². The Kier molecular flexibility index (Phi) is 6.58. The maximum Gasteiger partial charge on any atom is 0.252 e. The topological polar surface area (TPSA) is 58.2 Å². The maximum atomic E-state index is 12.6. The minimum absolute atomic E-state index is 0.0729. The van der Waals surface area contributed by atoms with E-state index >= 15 is 0 Å². The molecule has 0 unspecified atom stereocenters. The van der Waals surface area contributed by atoms with Crippen molar-refractivity contribution >= 4 is 17.5 Å². The molecule has 0 aromatic heterocycles. The summed E-state index contributed by atoms with van der Waals surface area (Å²) in [5, 5.41) is 5.60. The van der Waals surface area contributed by atoms with Crippen molar-refractivity contribution in [1.82, 2.24) is 5.32 Å². The number of anilines is 1. The quantitative estimate of drug-likeness (QED) is 0.653. The fourth-order valence-electron chi connectivity index (χ4n) is 3.11. The first-order valence-electron chi connectivity index (χ1n) is 9.45. The van der Waals surface area contributed by atoms with Gasteiger partial charge in [0.15, 0.2) is 0 Å². The monoisotopic (exact) mass is 372 g/mol. The van der Waals surface area contributed by atoms with Crippen LogP contribution in [0.3, 0.4) is 0 Å². The van der Waals surface area contributed by atoms with E-state index in [9.17, 15) is 9.59 Å². The molecule has 0 aliphatic carbocycles. The van der Waals surface area contributed by atoms with Crippen LogP contribution in [0.2, 0.25) is 0 Å². The van der Waals surface area contributed by atoms with Crippen LogP contribution in [0.1, 0.15) is 34.0 Å². The number of rotatable bonds is 7. The van der Waals surface area contributed by atoms with Gasteiger partial charge in [-0.1, -0.05) is 73.7 Å². The Morgan fingerprint density at radius 1 is 0.786 bits per heavy atom. The summed E-state index contributed by atoms with van der Waals surface area (Å²) in [7, 11) is 0. The molecule has 0 aliphatic heterocycles. The summed E-state index contributed by atoms with van der Waals surface area (Å²) in [6.07, 6.45) is 1.50. The molecular weight excluding hydrogens is 348 g/mol. The van der Waals surface area contributed by atoms with Gasteiger partial charge in [0.05, 0.1) is 6.54 Å². The summed E-state index contributed by atoms with van der Waals surface area (Å²) >= 11 is 0. The van der Waals surface area contributed by atoms with Crippen LogP contribution in [0.25, 0.3) is 0 Å². The van der Waals surface area contributed by atoms with Gasteiger partial charge in [0, 0.05) is 11.3 Å². The zero-order valence-corrected chi connectivity index (χ0v) is 15.9. The fraction of sp³-hybridized carbons (Fsp3) is 0.167. The number of benzene rings is 3. The molecule has 2 N–H and O–H groups in total. The molecule has 3 rings (SSSR count). The van der Waals surface area contributed by atoms with E-state index in [-0.39, 0.29) is 18.4 Å². The molecule has 0 radical (unpaired) electrons. The van der Waals surface area contributed by atoms with Crippen molar-refractivity contribution in [3.63, 3.8) is 0 Å². The van der Waals surface area contributed by atoms with Gasteiger partial charge in [-0.05, 0) is 41.7 Å². The molecule has 0 spiro atoms. The Bertz CT molecular complexity index is 952. The van der Waals surface area contributed by atoms with Gasteiger partial charge in [-0.2, -0.15) is 0 Å². The molecule has 0 aliphatic rings. The first-order chi connectivity index (χ1) is 13.7. The van der Waals surface area contributed by atoms with Crippen molar-refractivity contribution in [1.29, 1.82) is 0 Å². The van der Waals surface area contributed by atoms with E-state index in [1.807, 2.05) is 79.7 Å². The summed E-state index contributed by atoms with van der Waals surface area (Å²) in [4.78, 5) is 24.9. The van der Waals surface area contributed by atoms with E-state index in [4.69, 9.17) is 0 Å². The van der Waals surface area contributed by atoms with Gasteiger partial charge in [-0.3, -0.25) is 9.59 Å². The molecule has 0 atom stereocenters. The molecular formula is C24H24N2O2. The Morgan fingerprint density at radius 3 is 2.18 bits per heavy atom. The van der Waals surface area contributed by atoms with Crippen LogP contribution in [0, 0.1) is 0 Å². The smallest absolute Gasteiger partial charge is 0.252 e. The molecule has 0 fully saturated rings. The van der Waals surface area contributed by atoms with Crippen LogP contribution >= 0.6 is 0 Å². The summed E-state index contributed by atoms with van der Waals surface area (Å²) < 4.78 is 0. The van der Waals surface area contributed by atoms with Crippen LogP contribution in [0.4, 0.5) is 5.69 Å². The van der Waals surface area contributed by atoms with E-state index < -0.39 is 0 Å². The highest BCUT2D eigenvalue weighted by molar-refractivity contribution is 6.00. The van der Waals surface area contributed by atoms with Gasteiger partial charge < -0.3 is 10.6 Å². The molecule has 0 saturated carbocycles. The Morgan fingerprint density at radius 2 is 1.43 bits per heavy atom. The largest absolute Gasteiger partial charge is 0.343 e. The summed E-state index contributed by atoms with van der Waals surface area (Å²) in [5.41, 5.74) is 4.51. The van der Waals surface area contributed by atoms with Gasteiger partial charge in [-0.25, -0.2) is 0 Å². The lowest BCUT2D eigenvalue weighted by Crippen LogP contribution is -2.33. The number of para-hydroxylation sites is 1. The van der Waals surface area contributed by atoms with E-state index in [0.717, 1.165) is 28.8 Å². The van der Waals surface area contributed by atoms with Crippen LogP contribution in [-0.2, 0) is 17.6 Å². The second kappa shape index (κ2) is 9.51. The molecule has 4 heteroatoms. The predicted octanol–water partition coefficient (Wildman–Crippen LogP) is 4.21. The number of hydrogen-bond acceptors (Lipinski definition) is 2. The molecule has 4 nitrogen and oxygen atoms in total. The minimum Gasteiger partial charge on any atom is -0.343 e. The molecule has 0 saturated heterocycles. The number of hydrogen-bond donors (Lipinski definition) is 2. The number of carbonyl (C=O) groups is 2. The van der Waals surface area contributed by atoms with E-state index in [0.29, 0.717) is 12.0 Å². The lowest BCUT2D eigenvalue weighted by atomic mass is 9.99. The van der Waals surface area contributed by atoms with Crippen molar-refractivity contribution < 1.29 is 9.59 Å². The Balaban J connectivity index is 1.63. The van der Waals surface area contributed by atoms with Crippen molar-refractivity contribution in [2.24, 2.45) is 0 Å². The summed E-state index contributed by atoms with van der Waals surface area (Å²) in [5.74, 6) is -0.486. The lowest BCUT2D eigenvalue weighted by molar-refractivity contribution is -0.115. The zero-order chi connectivity index (χ0) is 19.8. The number of carbonyl (C=O) groups excluding carboxylic acids is 2. The minimum atomic E-state index is -0.245. The first kappa shape index (κ1) is 19.4. The third-order valence-corrected chi connectivity index (χ3v) is 4.58. The van der Waals surface area contributed by atoms with E-state index in [1.165, 1.54) is 0 Å². The molecule has 2 amide bonds. The summed E-state index contributed by atoms with van der Waals surface area (Å²) in [6.45, 7) is 1.97. The van der Waals surface area contributed by atoms with Crippen LogP contribution in [0.15, 0.2) is 78.9 Å². The number of aryl methyl sites for hydroxylation is 1. The second-order valence-corrected chi connectivity index (χ2v) is 6.56. The third kappa shape index (κ3) is 5.07. The number of nitrogens with one attached hydrogen (secondary N) is 2. The molecule has 0 bridgehead atoms. The van der Waals surface area contributed by atoms with Crippen molar-refractivity contribution in [2.75, 3.05) is 11.9 Å². The van der Waals surface area contributed by atoms with E-state index in [2.05, 4.69) is 10.6 Å². The Labute approximate surface area is 165 Å². The summed E-state index contributed by atoms with van der Waals surface area (Å²) in [6, 6.07) is 25.2. The maximum absolute atomic E-state index is 12.6. The van der Waals surface area contributed by atoms with Crippen LogP contribution < -0.4 is 10.6 Å². The normalized spacial score (nSPS) is 10.3. The van der Waals surface area contributed by atoms with E-state index in [1.54, 1.807) is 6.07 Å². The van der Waals surface area contributed by atoms with Gasteiger partial charge in [0.1, 0.15) is 0 Å². The SMILES string of the molecule is CCc1ccccc1NC(=O)CNC(=O)c1ccccc1Cc1ccccc1. The van der Waals surface area contributed by atoms with Gasteiger partial charge in [0.2, 0.25) is 5.91 Å². The van der Waals surface area contributed by atoms with Crippen LogP contribution in [-0.4, -0.2) is 18.4 Å².